The highest BCUT2D eigenvalue weighted by molar-refractivity contribution is 7.98. The average molecular weight is 307 g/mol. The fourth-order valence-corrected chi connectivity index (χ4v) is 2.50. The number of halogens is 1. The number of rotatable bonds is 5. The Balaban J connectivity index is 2.07. The van der Waals surface area contributed by atoms with Crippen LogP contribution in [0.2, 0.25) is 0 Å². The summed E-state index contributed by atoms with van der Waals surface area (Å²) in [5.41, 5.74) is 0.309. The fourth-order valence-electron chi connectivity index (χ4n) is 1.66. The van der Waals surface area contributed by atoms with Crippen LogP contribution in [0.15, 0.2) is 47.4 Å². The number of hydrogen-bond acceptors (Lipinski definition) is 4. The van der Waals surface area contributed by atoms with Gasteiger partial charge < -0.3 is 5.11 Å². The number of nitro benzene ring substituents is 1. The summed E-state index contributed by atoms with van der Waals surface area (Å²) in [6.45, 7) is 0. The van der Waals surface area contributed by atoms with Crippen molar-refractivity contribution in [2.24, 2.45) is 0 Å². The van der Waals surface area contributed by atoms with E-state index in [9.17, 15) is 19.3 Å². The molecule has 5 nitrogen and oxygen atoms in total. The molecule has 2 aromatic carbocycles. The van der Waals surface area contributed by atoms with Crippen molar-refractivity contribution in [2.45, 2.75) is 10.6 Å². The maximum absolute atomic E-state index is 13.3. The highest BCUT2D eigenvalue weighted by Crippen LogP contribution is 2.25. The Morgan fingerprint density at radius 2 is 1.90 bits per heavy atom. The fraction of sp³-hybridized carbons (Fsp3) is 0.0714. The van der Waals surface area contributed by atoms with Gasteiger partial charge in [0.2, 0.25) is 0 Å². The van der Waals surface area contributed by atoms with E-state index in [4.69, 9.17) is 5.11 Å². The van der Waals surface area contributed by atoms with Crippen molar-refractivity contribution >= 4 is 23.4 Å². The SMILES string of the molecule is O=C(O)c1cc(CSc2ccc([N+](=O)[O-])cc2)ccc1F. The predicted octanol–water partition coefficient (Wildman–Crippen LogP) is 3.72. The molecule has 108 valence electrons. The lowest BCUT2D eigenvalue weighted by Crippen LogP contribution is -2.01. The number of nitrogens with zero attached hydrogens (tertiary/aromatic N) is 1. The lowest BCUT2D eigenvalue weighted by molar-refractivity contribution is -0.384. The van der Waals surface area contributed by atoms with E-state index in [1.165, 1.54) is 36.0 Å². The van der Waals surface area contributed by atoms with Gasteiger partial charge in [0.25, 0.3) is 5.69 Å². The van der Waals surface area contributed by atoms with Gasteiger partial charge in [-0.1, -0.05) is 6.07 Å². The van der Waals surface area contributed by atoms with Gasteiger partial charge in [-0.05, 0) is 29.8 Å². The molecule has 0 aliphatic heterocycles. The summed E-state index contributed by atoms with van der Waals surface area (Å²) in [6, 6.07) is 9.95. The highest BCUT2D eigenvalue weighted by Gasteiger charge is 2.11. The minimum atomic E-state index is -1.31. The summed E-state index contributed by atoms with van der Waals surface area (Å²) < 4.78 is 13.3. The van der Waals surface area contributed by atoms with Crippen molar-refractivity contribution in [1.29, 1.82) is 0 Å². The maximum Gasteiger partial charge on any atom is 0.338 e. The van der Waals surface area contributed by atoms with Crippen molar-refractivity contribution in [1.82, 2.24) is 0 Å². The third-order valence-electron chi connectivity index (χ3n) is 2.71. The van der Waals surface area contributed by atoms with Gasteiger partial charge in [-0.15, -0.1) is 11.8 Å². The molecule has 2 aromatic rings. The van der Waals surface area contributed by atoms with Gasteiger partial charge in [0.05, 0.1) is 10.5 Å². The van der Waals surface area contributed by atoms with E-state index in [1.54, 1.807) is 12.1 Å². The van der Waals surface area contributed by atoms with Crippen LogP contribution in [0.4, 0.5) is 10.1 Å². The number of carboxylic acid groups (broad SMARTS) is 1. The predicted molar refractivity (Wildman–Crippen MR) is 76.0 cm³/mol. The lowest BCUT2D eigenvalue weighted by Gasteiger charge is -2.04. The van der Waals surface area contributed by atoms with Crippen LogP contribution in [-0.2, 0) is 5.75 Å². The first kappa shape index (κ1) is 15.0. The zero-order chi connectivity index (χ0) is 15.4. The van der Waals surface area contributed by atoms with E-state index in [0.29, 0.717) is 11.3 Å². The second kappa shape index (κ2) is 6.36. The third kappa shape index (κ3) is 3.79. The Labute approximate surface area is 123 Å². The smallest absolute Gasteiger partial charge is 0.338 e. The maximum atomic E-state index is 13.3. The van der Waals surface area contributed by atoms with Crippen molar-refractivity contribution in [3.05, 3.63) is 69.5 Å². The normalized spacial score (nSPS) is 10.3. The van der Waals surface area contributed by atoms with Crippen LogP contribution in [0.5, 0.6) is 0 Å². The van der Waals surface area contributed by atoms with Crippen molar-refractivity contribution in [3.63, 3.8) is 0 Å². The van der Waals surface area contributed by atoms with Gasteiger partial charge in [0, 0.05) is 22.8 Å². The number of non-ortho nitro benzene ring substituents is 1. The van der Waals surface area contributed by atoms with Crippen molar-refractivity contribution in [3.8, 4) is 0 Å². The second-order valence-electron chi connectivity index (χ2n) is 4.16. The van der Waals surface area contributed by atoms with Crippen LogP contribution in [0.3, 0.4) is 0 Å². The number of thioether (sulfide) groups is 1. The average Bonchev–Trinajstić information content (AvgIpc) is 2.46. The Morgan fingerprint density at radius 3 is 2.48 bits per heavy atom. The quantitative estimate of drug-likeness (QED) is 0.517. The molecule has 0 radical (unpaired) electrons. The van der Waals surface area contributed by atoms with Gasteiger partial charge in [0.15, 0.2) is 0 Å². The molecule has 0 saturated carbocycles. The number of carboxylic acids is 1. The van der Waals surface area contributed by atoms with E-state index >= 15 is 0 Å². The van der Waals surface area contributed by atoms with E-state index in [-0.39, 0.29) is 11.3 Å². The molecule has 0 fully saturated rings. The van der Waals surface area contributed by atoms with Gasteiger partial charge in [-0.3, -0.25) is 10.1 Å². The summed E-state index contributed by atoms with van der Waals surface area (Å²) in [7, 11) is 0. The molecular weight excluding hydrogens is 297 g/mol. The number of carbonyl (C=O) groups is 1. The molecule has 0 saturated heterocycles. The van der Waals surface area contributed by atoms with Gasteiger partial charge in [-0.25, -0.2) is 9.18 Å². The topological polar surface area (TPSA) is 80.4 Å². The standard InChI is InChI=1S/C14H10FNO4S/c15-13-6-1-9(7-12(13)14(17)18)8-21-11-4-2-10(3-5-11)16(19)20/h1-7H,8H2,(H,17,18). The molecule has 0 amide bonds. The zero-order valence-electron chi connectivity index (χ0n) is 10.7. The van der Waals surface area contributed by atoms with E-state index in [0.717, 1.165) is 11.0 Å². The summed E-state index contributed by atoms with van der Waals surface area (Å²) in [4.78, 5) is 21.7. The molecule has 0 spiro atoms. The monoisotopic (exact) mass is 307 g/mol. The van der Waals surface area contributed by atoms with E-state index in [2.05, 4.69) is 0 Å². The molecule has 0 aliphatic rings. The Bertz CT molecular complexity index is 688. The molecule has 7 heteroatoms. The number of benzene rings is 2. The van der Waals surface area contributed by atoms with Crippen molar-refractivity contribution in [2.75, 3.05) is 0 Å². The number of aromatic carboxylic acids is 1. The summed E-state index contributed by atoms with van der Waals surface area (Å²) >= 11 is 1.38. The van der Waals surface area contributed by atoms with Crippen LogP contribution >= 0.6 is 11.8 Å². The number of nitro groups is 1. The molecule has 0 heterocycles. The van der Waals surface area contributed by atoms with Crippen LogP contribution < -0.4 is 0 Å². The van der Waals surface area contributed by atoms with Gasteiger partial charge in [0.1, 0.15) is 5.82 Å². The molecule has 2 rings (SSSR count). The molecular formula is C14H10FNO4S. The van der Waals surface area contributed by atoms with Crippen LogP contribution in [0, 0.1) is 15.9 Å². The third-order valence-corrected chi connectivity index (χ3v) is 3.80. The first-order valence-electron chi connectivity index (χ1n) is 5.86. The van der Waals surface area contributed by atoms with Crippen LogP contribution in [0.1, 0.15) is 15.9 Å². The van der Waals surface area contributed by atoms with E-state index < -0.39 is 16.7 Å². The first-order valence-corrected chi connectivity index (χ1v) is 6.85. The lowest BCUT2D eigenvalue weighted by atomic mass is 10.1. The highest BCUT2D eigenvalue weighted by atomic mass is 32.2. The molecule has 0 atom stereocenters. The molecule has 0 bridgehead atoms. The Morgan fingerprint density at radius 1 is 1.24 bits per heavy atom. The Hall–Kier alpha value is -2.41. The van der Waals surface area contributed by atoms with Crippen LogP contribution in [0.25, 0.3) is 0 Å². The second-order valence-corrected chi connectivity index (χ2v) is 5.21. The zero-order valence-corrected chi connectivity index (χ0v) is 11.5. The summed E-state index contributed by atoms with van der Waals surface area (Å²) in [5, 5.41) is 19.4. The minimum Gasteiger partial charge on any atom is -0.478 e. The molecule has 1 N–H and O–H groups in total. The molecule has 0 aliphatic carbocycles. The molecule has 0 unspecified atom stereocenters. The molecule has 21 heavy (non-hydrogen) atoms. The summed E-state index contributed by atoms with van der Waals surface area (Å²) in [5.74, 6) is -1.64. The largest absolute Gasteiger partial charge is 0.478 e. The Kier molecular flexibility index (Phi) is 4.54. The van der Waals surface area contributed by atoms with Gasteiger partial charge in [-0.2, -0.15) is 0 Å². The van der Waals surface area contributed by atoms with E-state index in [1.807, 2.05) is 0 Å². The van der Waals surface area contributed by atoms with Gasteiger partial charge >= 0.3 is 5.97 Å². The molecule has 0 aromatic heterocycles. The minimum absolute atomic E-state index is 0.00861. The first-order chi connectivity index (χ1) is 9.97. The van der Waals surface area contributed by atoms with Crippen molar-refractivity contribution < 1.29 is 19.2 Å². The summed E-state index contributed by atoms with van der Waals surface area (Å²) in [6.07, 6.45) is 0. The number of hydrogen-bond donors (Lipinski definition) is 1. The van der Waals surface area contributed by atoms with Crippen LogP contribution in [-0.4, -0.2) is 16.0 Å².